The van der Waals surface area contributed by atoms with Crippen LogP contribution in [0, 0.1) is 12.2 Å². The minimum atomic E-state index is 0. The molecule has 0 atom stereocenters. The normalized spacial score (nSPS) is 11.9. The van der Waals surface area contributed by atoms with E-state index in [2.05, 4.69) is 75.8 Å². The van der Waals surface area contributed by atoms with E-state index in [-0.39, 0.29) is 17.1 Å². The third kappa shape index (κ3) is 4.78. The Labute approximate surface area is 145 Å². The largest absolute Gasteiger partial charge is 2.00 e. The second-order valence-corrected chi connectivity index (χ2v) is 4.39. The predicted octanol–water partition coefficient (Wildman–Crippen LogP) is 4.57. The third-order valence-electron chi connectivity index (χ3n) is 2.88. The van der Waals surface area contributed by atoms with Crippen molar-refractivity contribution in [3.63, 3.8) is 0 Å². The first-order chi connectivity index (χ1) is 10.9. The van der Waals surface area contributed by atoms with E-state index < -0.39 is 0 Å². The van der Waals surface area contributed by atoms with Crippen LogP contribution < -0.4 is 0 Å². The summed E-state index contributed by atoms with van der Waals surface area (Å²) in [5.41, 5.74) is 17.7. The molecule has 0 fully saturated rings. The van der Waals surface area contributed by atoms with Gasteiger partial charge in [-0.1, -0.05) is 42.0 Å². The topological polar surface area (TPSA) is 12.4 Å². The molecule has 0 saturated carbocycles. The average molecular weight is 331 g/mol. The number of nitrogens with zero attached hydrogens (tertiary/aromatic N) is 1. The van der Waals surface area contributed by atoms with Crippen LogP contribution in [0.4, 0.5) is 5.69 Å². The number of allylic oxidation sites excluding steroid dienone is 4. The van der Waals surface area contributed by atoms with Crippen molar-refractivity contribution in [1.29, 1.82) is 0 Å². The van der Waals surface area contributed by atoms with Crippen molar-refractivity contribution in [2.45, 2.75) is 0 Å². The van der Waals surface area contributed by atoms with Gasteiger partial charge in [-0.3, -0.25) is 11.5 Å². The van der Waals surface area contributed by atoms with Crippen LogP contribution in [0.2, 0.25) is 0 Å². The molecule has 0 spiro atoms. The van der Waals surface area contributed by atoms with Gasteiger partial charge in [0.2, 0.25) is 0 Å². The van der Waals surface area contributed by atoms with Crippen LogP contribution in [0.3, 0.4) is 0 Å². The van der Waals surface area contributed by atoms with Crippen LogP contribution in [-0.4, -0.2) is 6.21 Å². The quantitative estimate of drug-likeness (QED) is 0.331. The minimum absolute atomic E-state index is 0. The van der Waals surface area contributed by atoms with Crippen molar-refractivity contribution in [3.8, 4) is 0 Å². The SMILES string of the molecule is C1=C=[C-]C(C=Nc2ccc3ccccc3c2)=C=1.C1=C=[C-]C=C=1.[Fe+2]. The second-order valence-electron chi connectivity index (χ2n) is 4.39. The summed E-state index contributed by atoms with van der Waals surface area (Å²) in [6, 6.07) is 14.3. The molecule has 0 N–H and O–H groups in total. The van der Waals surface area contributed by atoms with E-state index in [0.717, 1.165) is 11.3 Å². The Kier molecular flexibility index (Phi) is 6.06. The molecule has 0 aliphatic heterocycles. The van der Waals surface area contributed by atoms with Crippen LogP contribution in [0.15, 0.2) is 93.5 Å². The van der Waals surface area contributed by atoms with E-state index in [1.54, 1.807) is 12.3 Å². The van der Waals surface area contributed by atoms with Gasteiger partial charge in [0.05, 0.1) is 5.69 Å². The molecule has 2 aromatic rings. The molecule has 0 radical (unpaired) electrons. The second kappa shape index (κ2) is 8.48. The van der Waals surface area contributed by atoms with Crippen molar-refractivity contribution in [2.24, 2.45) is 4.99 Å². The van der Waals surface area contributed by atoms with Gasteiger partial charge >= 0.3 is 17.1 Å². The Morgan fingerprint density at radius 2 is 1.83 bits per heavy atom. The van der Waals surface area contributed by atoms with Gasteiger partial charge in [-0.05, 0) is 29.1 Å². The van der Waals surface area contributed by atoms with Crippen molar-refractivity contribution < 1.29 is 17.1 Å². The zero-order valence-electron chi connectivity index (χ0n) is 12.0. The summed E-state index contributed by atoms with van der Waals surface area (Å²) in [5.74, 6) is 0. The molecule has 2 aromatic carbocycles. The van der Waals surface area contributed by atoms with Gasteiger partial charge in [0, 0.05) is 0 Å². The molecule has 0 heterocycles. The minimum Gasteiger partial charge on any atom is -0.304 e. The maximum absolute atomic E-state index is 4.37. The summed E-state index contributed by atoms with van der Waals surface area (Å²) in [5, 5.41) is 2.41. The van der Waals surface area contributed by atoms with Gasteiger partial charge < -0.3 is 4.99 Å². The molecule has 0 saturated heterocycles. The Bertz CT molecular complexity index is 1020. The molecular weight excluding hydrogens is 322 g/mol. The van der Waals surface area contributed by atoms with Crippen molar-refractivity contribution in [2.75, 3.05) is 0 Å². The van der Waals surface area contributed by atoms with E-state index in [4.69, 9.17) is 0 Å². The Morgan fingerprint density at radius 1 is 0.957 bits per heavy atom. The van der Waals surface area contributed by atoms with E-state index in [0.29, 0.717) is 0 Å². The van der Waals surface area contributed by atoms with E-state index in [9.17, 15) is 0 Å². The molecule has 0 amide bonds. The van der Waals surface area contributed by atoms with Gasteiger partial charge in [0.15, 0.2) is 0 Å². The zero-order chi connectivity index (χ0) is 15.0. The van der Waals surface area contributed by atoms with E-state index in [1.807, 2.05) is 18.2 Å². The average Bonchev–Trinajstić information content (AvgIpc) is 3.28. The smallest absolute Gasteiger partial charge is 0.304 e. The first-order valence-electron chi connectivity index (χ1n) is 6.66. The fourth-order valence-corrected chi connectivity index (χ4v) is 1.87. The molecule has 106 valence electrons. The summed E-state index contributed by atoms with van der Waals surface area (Å²) in [6.07, 6.45) is 8.84. The molecule has 23 heavy (non-hydrogen) atoms. The van der Waals surface area contributed by atoms with E-state index in [1.165, 1.54) is 10.8 Å². The number of hydrogen-bond donors (Lipinski definition) is 0. The standard InChI is InChI=1S/C16H8N.C5H.Fe/c1-2-6-13(5-1)12-17-16-10-9-14-7-3-4-8-15(14)11-16;1-2-4-5-3-1;/h3-4,7-12H;1H;/q2*-1;+2. The first-order valence-corrected chi connectivity index (χ1v) is 6.66. The molecule has 0 bridgehead atoms. The molecular formula is C21H9FeN. The summed E-state index contributed by atoms with van der Waals surface area (Å²) in [7, 11) is 0. The van der Waals surface area contributed by atoms with Gasteiger partial charge in [-0.25, -0.2) is 11.5 Å². The number of aliphatic imine (C=N–C) groups is 1. The fraction of sp³-hybridized carbons (Fsp3) is 0. The van der Waals surface area contributed by atoms with Crippen LogP contribution in [0.1, 0.15) is 0 Å². The number of rotatable bonds is 2. The molecule has 0 aromatic heterocycles. The van der Waals surface area contributed by atoms with Gasteiger partial charge in [-0.2, -0.15) is 11.5 Å². The summed E-state index contributed by atoms with van der Waals surface area (Å²) < 4.78 is 0. The van der Waals surface area contributed by atoms with Crippen LogP contribution in [0.5, 0.6) is 0 Å². The molecule has 2 aliphatic rings. The van der Waals surface area contributed by atoms with E-state index >= 15 is 0 Å². The maximum atomic E-state index is 4.37. The van der Waals surface area contributed by atoms with Crippen molar-refractivity contribution in [1.82, 2.24) is 0 Å². The van der Waals surface area contributed by atoms with Gasteiger partial charge in [0.1, 0.15) is 0 Å². The predicted molar refractivity (Wildman–Crippen MR) is 87.7 cm³/mol. The number of hydrogen-bond acceptors (Lipinski definition) is 1. The molecule has 2 aliphatic carbocycles. The molecule has 4 rings (SSSR count). The van der Waals surface area contributed by atoms with Crippen LogP contribution >= 0.6 is 0 Å². The number of benzene rings is 2. The summed E-state index contributed by atoms with van der Waals surface area (Å²) in [4.78, 5) is 4.37. The van der Waals surface area contributed by atoms with Crippen molar-refractivity contribution in [3.05, 3.63) is 101 Å². The third-order valence-corrected chi connectivity index (χ3v) is 2.88. The maximum Gasteiger partial charge on any atom is 2.00 e. The summed E-state index contributed by atoms with van der Waals surface area (Å²) in [6.45, 7) is 0. The Morgan fingerprint density at radius 3 is 2.48 bits per heavy atom. The van der Waals surface area contributed by atoms with Crippen molar-refractivity contribution >= 4 is 22.7 Å². The Balaban J connectivity index is 0.000000276. The monoisotopic (exact) mass is 331 g/mol. The molecule has 2 heteroatoms. The first kappa shape index (κ1) is 16.4. The molecule has 0 unspecified atom stereocenters. The Hall–Kier alpha value is -2.95. The summed E-state index contributed by atoms with van der Waals surface area (Å²) >= 11 is 0. The zero-order valence-corrected chi connectivity index (χ0v) is 13.1. The van der Waals surface area contributed by atoms with Gasteiger partial charge in [-0.15, -0.1) is 12.2 Å². The van der Waals surface area contributed by atoms with Crippen LogP contribution in [0.25, 0.3) is 10.8 Å². The molecule has 1 nitrogen and oxygen atoms in total. The van der Waals surface area contributed by atoms with Crippen LogP contribution in [-0.2, 0) is 17.1 Å². The fourth-order valence-electron chi connectivity index (χ4n) is 1.87. The number of fused-ring (bicyclic) bond motifs is 1. The van der Waals surface area contributed by atoms with Gasteiger partial charge in [0.25, 0.3) is 0 Å².